The number of nitrogens with zero attached hydrogens (tertiary/aromatic N) is 4. The zero-order chi connectivity index (χ0) is 19.0. The van der Waals surface area contributed by atoms with Crippen LogP contribution in [0.25, 0.3) is 0 Å². The summed E-state index contributed by atoms with van der Waals surface area (Å²) < 4.78 is 1.67. The topological polar surface area (TPSA) is 92.2 Å². The van der Waals surface area contributed by atoms with Crippen molar-refractivity contribution < 1.29 is 9.59 Å². The molecule has 1 saturated heterocycles. The predicted molar refractivity (Wildman–Crippen MR) is 103 cm³/mol. The maximum absolute atomic E-state index is 12.8. The van der Waals surface area contributed by atoms with E-state index in [1.54, 1.807) is 20.9 Å². The number of carbonyl (C=O) groups excluding carboxylic acids is 2. The molecule has 8 nitrogen and oxygen atoms in total. The molecule has 2 N–H and O–H groups in total. The Hall–Kier alpha value is -2.42. The monoisotopic (exact) mass is 388 g/mol. The quantitative estimate of drug-likeness (QED) is 0.821. The Balaban J connectivity index is 1.40. The van der Waals surface area contributed by atoms with E-state index < -0.39 is 6.04 Å². The maximum atomic E-state index is 12.8. The van der Waals surface area contributed by atoms with Gasteiger partial charge >= 0.3 is 6.03 Å². The highest BCUT2D eigenvalue weighted by Crippen LogP contribution is 2.41. The molecule has 0 spiro atoms. The molecule has 1 aliphatic carbocycles. The molecule has 0 radical (unpaired) electrons. The summed E-state index contributed by atoms with van der Waals surface area (Å²) in [4.78, 5) is 31.6. The number of thiazole rings is 1. The molecule has 4 rings (SSSR count). The van der Waals surface area contributed by atoms with Crippen LogP contribution in [0.5, 0.6) is 0 Å². The molecule has 3 amide bonds. The summed E-state index contributed by atoms with van der Waals surface area (Å²) in [5.41, 5.74) is 0.969. The molecule has 3 heterocycles. The Morgan fingerprint density at radius 3 is 2.81 bits per heavy atom. The fourth-order valence-corrected chi connectivity index (χ4v) is 4.39. The van der Waals surface area contributed by atoms with E-state index in [4.69, 9.17) is 0 Å². The first-order valence-corrected chi connectivity index (χ1v) is 10.2. The summed E-state index contributed by atoms with van der Waals surface area (Å²) >= 11 is 1.58. The molecule has 2 atom stereocenters. The minimum Gasteiger partial charge on any atom is -0.329 e. The van der Waals surface area contributed by atoms with E-state index in [0.717, 1.165) is 30.0 Å². The average Bonchev–Trinajstić information content (AvgIpc) is 3.25. The highest BCUT2D eigenvalue weighted by molar-refractivity contribution is 7.09. The Labute approximate surface area is 162 Å². The van der Waals surface area contributed by atoms with Crippen LogP contribution in [-0.4, -0.2) is 39.3 Å². The van der Waals surface area contributed by atoms with Gasteiger partial charge in [-0.15, -0.1) is 11.3 Å². The highest BCUT2D eigenvalue weighted by Gasteiger charge is 2.37. The fraction of sp³-hybridized carbons (Fsp3) is 0.556. The van der Waals surface area contributed by atoms with Crippen molar-refractivity contribution in [2.45, 2.75) is 44.7 Å². The molecular weight excluding hydrogens is 364 g/mol. The van der Waals surface area contributed by atoms with Crippen LogP contribution in [-0.2, 0) is 11.8 Å². The Kier molecular flexibility index (Phi) is 4.86. The minimum atomic E-state index is -0.529. The van der Waals surface area contributed by atoms with Gasteiger partial charge in [-0.2, -0.15) is 5.10 Å². The van der Waals surface area contributed by atoms with E-state index >= 15 is 0 Å². The van der Waals surface area contributed by atoms with Gasteiger partial charge in [0.1, 0.15) is 11.0 Å². The second kappa shape index (κ2) is 7.30. The van der Waals surface area contributed by atoms with Crippen molar-refractivity contribution in [3.05, 3.63) is 28.3 Å². The number of anilines is 1. The first-order chi connectivity index (χ1) is 13.0. The first kappa shape index (κ1) is 18.0. The third kappa shape index (κ3) is 3.97. The van der Waals surface area contributed by atoms with Crippen molar-refractivity contribution >= 4 is 29.1 Å². The summed E-state index contributed by atoms with van der Waals surface area (Å²) in [5, 5.41) is 13.2. The molecule has 2 aromatic heterocycles. The molecule has 0 bridgehead atoms. The molecule has 2 unspecified atom stereocenters. The SMILES string of the molecule is Cc1csc(C(NC(=O)NC2CCCN(c3ccn(C)n3)C2=O)C2CC2)n1. The molecule has 2 aromatic rings. The zero-order valence-electron chi connectivity index (χ0n) is 15.5. The molecule has 2 fully saturated rings. The Morgan fingerprint density at radius 2 is 2.19 bits per heavy atom. The molecule has 1 aliphatic heterocycles. The van der Waals surface area contributed by atoms with Crippen molar-refractivity contribution in [3.63, 3.8) is 0 Å². The van der Waals surface area contributed by atoms with E-state index in [2.05, 4.69) is 20.7 Å². The van der Waals surface area contributed by atoms with Crippen LogP contribution < -0.4 is 15.5 Å². The van der Waals surface area contributed by atoms with E-state index in [9.17, 15) is 9.59 Å². The third-order valence-electron chi connectivity index (χ3n) is 5.00. The summed E-state index contributed by atoms with van der Waals surface area (Å²) in [6.07, 6.45) is 5.46. The summed E-state index contributed by atoms with van der Waals surface area (Å²) in [5.74, 6) is 0.958. The smallest absolute Gasteiger partial charge is 0.316 e. The van der Waals surface area contributed by atoms with Crippen LogP contribution in [0.1, 0.15) is 42.4 Å². The normalized spacial score (nSPS) is 21.2. The van der Waals surface area contributed by atoms with Gasteiger partial charge in [0.15, 0.2) is 5.82 Å². The molecule has 2 aliphatic rings. The molecule has 1 saturated carbocycles. The van der Waals surface area contributed by atoms with Crippen molar-refractivity contribution in [1.82, 2.24) is 25.4 Å². The number of urea groups is 1. The second-order valence-corrected chi connectivity index (χ2v) is 8.18. The van der Waals surface area contributed by atoms with Gasteiger partial charge in [0.25, 0.3) is 5.91 Å². The number of hydrogen-bond acceptors (Lipinski definition) is 5. The summed E-state index contributed by atoms with van der Waals surface area (Å²) in [7, 11) is 1.82. The van der Waals surface area contributed by atoms with Crippen LogP contribution in [0, 0.1) is 12.8 Å². The number of piperidine rings is 1. The Morgan fingerprint density at radius 1 is 1.37 bits per heavy atom. The molecule has 0 aromatic carbocycles. The van der Waals surface area contributed by atoms with Gasteiger partial charge in [-0.25, -0.2) is 9.78 Å². The van der Waals surface area contributed by atoms with Crippen LogP contribution in [0.4, 0.5) is 10.6 Å². The maximum Gasteiger partial charge on any atom is 0.316 e. The van der Waals surface area contributed by atoms with Crippen LogP contribution in [0.15, 0.2) is 17.6 Å². The average molecular weight is 388 g/mol. The number of aromatic nitrogens is 3. The first-order valence-electron chi connectivity index (χ1n) is 9.31. The fourth-order valence-electron chi connectivity index (χ4n) is 3.45. The zero-order valence-corrected chi connectivity index (χ0v) is 16.3. The van der Waals surface area contributed by atoms with E-state index in [1.807, 2.05) is 31.6 Å². The number of carbonyl (C=O) groups is 2. The van der Waals surface area contributed by atoms with Gasteiger partial charge in [-0.05, 0) is 38.5 Å². The third-order valence-corrected chi connectivity index (χ3v) is 6.05. The van der Waals surface area contributed by atoms with E-state index in [1.165, 1.54) is 0 Å². The van der Waals surface area contributed by atoms with Crippen molar-refractivity contribution in [1.29, 1.82) is 0 Å². The van der Waals surface area contributed by atoms with Gasteiger partial charge in [-0.3, -0.25) is 14.4 Å². The van der Waals surface area contributed by atoms with Gasteiger partial charge < -0.3 is 10.6 Å². The van der Waals surface area contributed by atoms with Gasteiger partial charge in [0, 0.05) is 36.9 Å². The molecular formula is C18H24N6O2S. The number of aryl methyl sites for hydroxylation is 2. The van der Waals surface area contributed by atoms with Gasteiger partial charge in [-0.1, -0.05) is 0 Å². The molecule has 27 heavy (non-hydrogen) atoms. The van der Waals surface area contributed by atoms with Crippen LogP contribution in [0.2, 0.25) is 0 Å². The standard InChI is InChI=1S/C18H24N6O2S/c1-11-10-27-16(19-11)15(12-5-6-12)21-18(26)20-13-4-3-8-24(17(13)25)14-7-9-23(2)22-14/h7,9-10,12-13,15H,3-6,8H2,1-2H3,(H2,20,21,26). The summed E-state index contributed by atoms with van der Waals surface area (Å²) in [6.45, 7) is 2.58. The lowest BCUT2D eigenvalue weighted by Gasteiger charge is -2.31. The van der Waals surface area contributed by atoms with E-state index in [0.29, 0.717) is 24.7 Å². The molecule has 9 heteroatoms. The van der Waals surface area contributed by atoms with Crippen LogP contribution >= 0.6 is 11.3 Å². The largest absolute Gasteiger partial charge is 0.329 e. The lowest BCUT2D eigenvalue weighted by Crippen LogP contribution is -2.55. The van der Waals surface area contributed by atoms with Crippen LogP contribution in [0.3, 0.4) is 0 Å². The minimum absolute atomic E-state index is 0.0747. The summed E-state index contributed by atoms with van der Waals surface area (Å²) in [6, 6.07) is 0.905. The second-order valence-electron chi connectivity index (χ2n) is 7.29. The van der Waals surface area contributed by atoms with E-state index in [-0.39, 0.29) is 18.0 Å². The van der Waals surface area contributed by atoms with Gasteiger partial charge in [0.2, 0.25) is 0 Å². The lowest BCUT2D eigenvalue weighted by atomic mass is 10.0. The number of hydrogen-bond donors (Lipinski definition) is 2. The Bertz CT molecular complexity index is 843. The number of nitrogens with one attached hydrogen (secondary N) is 2. The van der Waals surface area contributed by atoms with Gasteiger partial charge in [0.05, 0.1) is 6.04 Å². The lowest BCUT2D eigenvalue weighted by molar-refractivity contribution is -0.121. The highest BCUT2D eigenvalue weighted by atomic mass is 32.1. The number of rotatable bonds is 5. The van der Waals surface area contributed by atoms with Crippen molar-refractivity contribution in [2.24, 2.45) is 13.0 Å². The number of amides is 3. The van der Waals surface area contributed by atoms with Crippen molar-refractivity contribution in [2.75, 3.05) is 11.4 Å². The van der Waals surface area contributed by atoms with Crippen molar-refractivity contribution in [3.8, 4) is 0 Å². The molecule has 144 valence electrons. The predicted octanol–water partition coefficient (Wildman–Crippen LogP) is 2.13.